The van der Waals surface area contributed by atoms with Gasteiger partial charge in [-0.3, -0.25) is 9.48 Å². The van der Waals surface area contributed by atoms with Crippen LogP contribution in [-0.4, -0.2) is 22.3 Å². The Balaban J connectivity index is 1.42. The summed E-state index contributed by atoms with van der Waals surface area (Å²) < 4.78 is 7.83. The number of amides is 1. The molecule has 2 aliphatic rings. The molecule has 1 aliphatic carbocycles. The molecule has 5 heteroatoms. The molecule has 1 amide bonds. The molecule has 4 rings (SSSR count). The summed E-state index contributed by atoms with van der Waals surface area (Å²) in [5.74, 6) is 0.569. The Kier molecular flexibility index (Phi) is 4.57. The molecule has 1 aromatic heterocycles. The summed E-state index contributed by atoms with van der Waals surface area (Å²) in [5, 5.41) is 7.67. The molecular weight excluding hydrogens is 314 g/mol. The van der Waals surface area contributed by atoms with Gasteiger partial charge in [-0.1, -0.05) is 30.3 Å². The summed E-state index contributed by atoms with van der Waals surface area (Å²) >= 11 is 0. The fourth-order valence-electron chi connectivity index (χ4n) is 3.60. The van der Waals surface area contributed by atoms with Crippen molar-refractivity contribution in [2.24, 2.45) is 13.0 Å². The minimum atomic E-state index is -0.150. The third-order valence-electron chi connectivity index (χ3n) is 5.22. The van der Waals surface area contributed by atoms with Crippen molar-refractivity contribution in [1.82, 2.24) is 15.1 Å². The van der Waals surface area contributed by atoms with Gasteiger partial charge in [0.25, 0.3) is 0 Å². The van der Waals surface area contributed by atoms with E-state index in [1.165, 1.54) is 12.8 Å². The Labute approximate surface area is 148 Å². The quantitative estimate of drug-likeness (QED) is 0.911. The van der Waals surface area contributed by atoms with Gasteiger partial charge in [-0.2, -0.15) is 5.10 Å². The summed E-state index contributed by atoms with van der Waals surface area (Å²) in [7, 11) is 1.95. The highest BCUT2D eigenvalue weighted by Gasteiger charge is 2.33. The fourth-order valence-corrected chi connectivity index (χ4v) is 3.60. The third kappa shape index (κ3) is 3.61. The highest BCUT2D eigenvalue weighted by Crippen LogP contribution is 2.39. The van der Waals surface area contributed by atoms with Crippen LogP contribution in [0.2, 0.25) is 0 Å². The average molecular weight is 339 g/mol. The molecule has 2 aromatic rings. The monoisotopic (exact) mass is 339 g/mol. The van der Waals surface area contributed by atoms with Crippen LogP contribution in [0.25, 0.3) is 0 Å². The van der Waals surface area contributed by atoms with Crippen molar-refractivity contribution in [3.63, 3.8) is 0 Å². The lowest BCUT2D eigenvalue weighted by Gasteiger charge is -2.31. The normalized spacial score (nSPS) is 23.4. The lowest BCUT2D eigenvalue weighted by atomic mass is 9.89. The minimum Gasteiger partial charge on any atom is -0.373 e. The van der Waals surface area contributed by atoms with E-state index in [4.69, 9.17) is 4.74 Å². The Morgan fingerprint density at radius 3 is 2.84 bits per heavy atom. The molecule has 25 heavy (non-hydrogen) atoms. The maximum atomic E-state index is 12.8. The van der Waals surface area contributed by atoms with E-state index in [9.17, 15) is 4.79 Å². The average Bonchev–Trinajstić information content (AvgIpc) is 3.44. The molecule has 1 aromatic carbocycles. The van der Waals surface area contributed by atoms with Crippen molar-refractivity contribution >= 4 is 5.91 Å². The molecule has 0 bridgehead atoms. The van der Waals surface area contributed by atoms with Gasteiger partial charge in [0.15, 0.2) is 0 Å². The second-order valence-electron chi connectivity index (χ2n) is 7.13. The first-order valence-corrected chi connectivity index (χ1v) is 9.19. The summed E-state index contributed by atoms with van der Waals surface area (Å²) in [6.45, 7) is 1.24. The van der Waals surface area contributed by atoms with Crippen molar-refractivity contribution in [3.05, 3.63) is 53.3 Å². The van der Waals surface area contributed by atoms with Crippen molar-refractivity contribution in [2.75, 3.05) is 6.61 Å². The van der Waals surface area contributed by atoms with Crippen LogP contribution in [0.5, 0.6) is 0 Å². The van der Waals surface area contributed by atoms with Gasteiger partial charge in [0, 0.05) is 19.6 Å². The predicted octanol–water partition coefficient (Wildman–Crippen LogP) is 3.08. The number of carbonyl (C=O) groups excluding carboxylic acids is 1. The molecule has 132 valence electrons. The van der Waals surface area contributed by atoms with Crippen molar-refractivity contribution in [2.45, 2.75) is 44.2 Å². The summed E-state index contributed by atoms with van der Waals surface area (Å²) in [6.07, 6.45) is 4.12. The van der Waals surface area contributed by atoms with Crippen LogP contribution < -0.4 is 5.32 Å². The van der Waals surface area contributed by atoms with E-state index < -0.39 is 0 Å². The van der Waals surface area contributed by atoms with E-state index in [0.29, 0.717) is 12.5 Å². The van der Waals surface area contributed by atoms with Crippen LogP contribution in [0.1, 0.15) is 54.7 Å². The van der Waals surface area contributed by atoms with Crippen molar-refractivity contribution in [3.8, 4) is 0 Å². The summed E-state index contributed by atoms with van der Waals surface area (Å²) in [4.78, 5) is 12.8. The van der Waals surface area contributed by atoms with Gasteiger partial charge < -0.3 is 10.1 Å². The Hall–Kier alpha value is -2.14. The summed E-state index contributed by atoms with van der Waals surface area (Å²) in [6, 6.07) is 12.2. The smallest absolute Gasteiger partial charge is 0.226 e. The van der Waals surface area contributed by atoms with Gasteiger partial charge in [-0.15, -0.1) is 0 Å². The third-order valence-corrected chi connectivity index (χ3v) is 5.22. The molecule has 5 nitrogen and oxygen atoms in total. The Morgan fingerprint density at radius 1 is 1.28 bits per heavy atom. The van der Waals surface area contributed by atoms with Crippen molar-refractivity contribution < 1.29 is 9.53 Å². The van der Waals surface area contributed by atoms with E-state index in [0.717, 1.165) is 36.4 Å². The number of nitrogens with zero attached hydrogens (tertiary/aromatic N) is 2. The first kappa shape index (κ1) is 16.3. The zero-order chi connectivity index (χ0) is 17.2. The molecule has 0 radical (unpaired) electrons. The first-order chi connectivity index (χ1) is 12.2. The van der Waals surface area contributed by atoms with E-state index in [2.05, 4.69) is 16.5 Å². The predicted molar refractivity (Wildman–Crippen MR) is 94.9 cm³/mol. The van der Waals surface area contributed by atoms with E-state index in [1.54, 1.807) is 0 Å². The fraction of sp³-hybridized carbons (Fsp3) is 0.500. The number of aryl methyl sites for hydroxylation is 1. The zero-order valence-corrected chi connectivity index (χ0v) is 14.6. The number of rotatable bonds is 5. The molecular formula is C20H25N3O2. The van der Waals surface area contributed by atoms with Gasteiger partial charge in [-0.25, -0.2) is 0 Å². The SMILES string of the molecule is Cn1nc(C2CC2)cc1CNC(=O)[C@@H]1CCCO[C@H]1c1ccccc1. The molecule has 1 aliphatic heterocycles. The number of benzene rings is 1. The molecule has 1 saturated carbocycles. The zero-order valence-electron chi connectivity index (χ0n) is 14.6. The topological polar surface area (TPSA) is 56.2 Å². The van der Waals surface area contributed by atoms with Crippen LogP contribution in [0.3, 0.4) is 0 Å². The molecule has 2 fully saturated rings. The van der Waals surface area contributed by atoms with Crippen LogP contribution in [0.15, 0.2) is 36.4 Å². The van der Waals surface area contributed by atoms with Gasteiger partial charge in [0.2, 0.25) is 5.91 Å². The van der Waals surface area contributed by atoms with Crippen LogP contribution >= 0.6 is 0 Å². The highest BCUT2D eigenvalue weighted by molar-refractivity contribution is 5.79. The molecule has 1 N–H and O–H groups in total. The second-order valence-corrected chi connectivity index (χ2v) is 7.13. The minimum absolute atomic E-state index is 0.0720. The molecule has 2 heterocycles. The van der Waals surface area contributed by atoms with Crippen molar-refractivity contribution in [1.29, 1.82) is 0 Å². The maximum Gasteiger partial charge on any atom is 0.226 e. The number of carbonyl (C=O) groups is 1. The number of nitrogens with one attached hydrogen (secondary N) is 1. The Morgan fingerprint density at radius 2 is 2.08 bits per heavy atom. The number of hydrogen-bond donors (Lipinski definition) is 1. The van der Waals surface area contributed by atoms with Crippen LogP contribution in [0, 0.1) is 5.92 Å². The number of ether oxygens (including phenoxy) is 1. The largest absolute Gasteiger partial charge is 0.373 e. The van der Waals surface area contributed by atoms with E-state index in [1.807, 2.05) is 42.1 Å². The highest BCUT2D eigenvalue weighted by atomic mass is 16.5. The van der Waals surface area contributed by atoms with Gasteiger partial charge >= 0.3 is 0 Å². The van der Waals surface area contributed by atoms with E-state index >= 15 is 0 Å². The molecule has 0 unspecified atom stereocenters. The summed E-state index contributed by atoms with van der Waals surface area (Å²) in [5.41, 5.74) is 3.30. The lowest BCUT2D eigenvalue weighted by Crippen LogP contribution is -2.37. The molecule has 1 saturated heterocycles. The first-order valence-electron chi connectivity index (χ1n) is 9.19. The van der Waals surface area contributed by atoms with E-state index in [-0.39, 0.29) is 17.9 Å². The second kappa shape index (κ2) is 7.00. The Bertz CT molecular complexity index is 737. The molecule has 0 spiro atoms. The standard InChI is InChI=1S/C20H25N3O2/c1-23-16(12-18(22-23)14-9-10-14)13-21-20(24)17-8-5-11-25-19(17)15-6-3-2-4-7-15/h2-4,6-7,12,14,17,19H,5,8-11,13H2,1H3,(H,21,24)/t17-,19+/m1/s1. The molecule has 2 atom stereocenters. The van der Waals surface area contributed by atoms with Crippen LogP contribution in [0.4, 0.5) is 0 Å². The lowest BCUT2D eigenvalue weighted by molar-refractivity contribution is -0.134. The van der Waals surface area contributed by atoms with Gasteiger partial charge in [0.1, 0.15) is 0 Å². The van der Waals surface area contributed by atoms with Gasteiger partial charge in [0.05, 0.1) is 30.0 Å². The van der Waals surface area contributed by atoms with Gasteiger partial charge in [-0.05, 0) is 37.3 Å². The number of aromatic nitrogens is 2. The van der Waals surface area contributed by atoms with Crippen LogP contribution in [-0.2, 0) is 23.1 Å². The maximum absolute atomic E-state index is 12.8. The number of hydrogen-bond acceptors (Lipinski definition) is 3.